The molecule has 0 spiro atoms. The minimum Gasteiger partial charge on any atom is -0.350 e. The first-order valence-corrected chi connectivity index (χ1v) is 9.05. The SMILES string of the molecule is CCCCN(C)C(=O)c1ccnc(N(Cc2ccccc2)C(C)C)c1. The highest BCUT2D eigenvalue weighted by Gasteiger charge is 2.16. The van der Waals surface area contributed by atoms with E-state index in [9.17, 15) is 4.79 Å². The van der Waals surface area contributed by atoms with Crippen LogP contribution in [0.3, 0.4) is 0 Å². The van der Waals surface area contributed by atoms with Crippen LogP contribution in [0.5, 0.6) is 0 Å². The monoisotopic (exact) mass is 339 g/mol. The summed E-state index contributed by atoms with van der Waals surface area (Å²) in [6, 6.07) is 14.3. The van der Waals surface area contributed by atoms with E-state index in [0.717, 1.165) is 31.7 Å². The summed E-state index contributed by atoms with van der Waals surface area (Å²) in [4.78, 5) is 21.2. The molecule has 1 heterocycles. The van der Waals surface area contributed by atoms with Gasteiger partial charge in [0.1, 0.15) is 5.82 Å². The summed E-state index contributed by atoms with van der Waals surface area (Å²) >= 11 is 0. The number of hydrogen-bond donors (Lipinski definition) is 0. The molecule has 4 heteroatoms. The molecule has 25 heavy (non-hydrogen) atoms. The maximum atomic E-state index is 12.6. The Morgan fingerprint density at radius 3 is 2.52 bits per heavy atom. The van der Waals surface area contributed by atoms with Gasteiger partial charge in [-0.2, -0.15) is 0 Å². The lowest BCUT2D eigenvalue weighted by Crippen LogP contribution is -2.32. The normalized spacial score (nSPS) is 10.8. The maximum Gasteiger partial charge on any atom is 0.253 e. The van der Waals surface area contributed by atoms with Crippen molar-refractivity contribution in [3.8, 4) is 0 Å². The molecule has 0 saturated carbocycles. The minimum atomic E-state index is 0.0560. The van der Waals surface area contributed by atoms with Gasteiger partial charge in [0.25, 0.3) is 5.91 Å². The zero-order valence-corrected chi connectivity index (χ0v) is 15.8. The number of anilines is 1. The van der Waals surface area contributed by atoms with Gasteiger partial charge in [0.05, 0.1) is 0 Å². The Kier molecular flexibility index (Phi) is 6.99. The van der Waals surface area contributed by atoms with Crippen molar-refractivity contribution in [1.82, 2.24) is 9.88 Å². The Morgan fingerprint density at radius 1 is 1.16 bits per heavy atom. The second-order valence-electron chi connectivity index (χ2n) is 6.69. The van der Waals surface area contributed by atoms with Crippen LogP contribution in [0.2, 0.25) is 0 Å². The average molecular weight is 339 g/mol. The molecule has 1 aromatic carbocycles. The summed E-state index contributed by atoms with van der Waals surface area (Å²) in [5.74, 6) is 0.897. The van der Waals surface area contributed by atoms with Crippen LogP contribution < -0.4 is 4.90 Å². The summed E-state index contributed by atoms with van der Waals surface area (Å²) in [5.41, 5.74) is 1.93. The highest BCUT2D eigenvalue weighted by molar-refractivity contribution is 5.94. The fraction of sp³-hybridized carbons (Fsp3) is 0.429. The molecule has 0 aliphatic carbocycles. The second-order valence-corrected chi connectivity index (χ2v) is 6.69. The van der Waals surface area contributed by atoms with Crippen LogP contribution in [0, 0.1) is 0 Å². The molecular formula is C21H29N3O. The van der Waals surface area contributed by atoms with Crippen LogP contribution in [0.1, 0.15) is 49.5 Å². The van der Waals surface area contributed by atoms with Crippen LogP contribution >= 0.6 is 0 Å². The third-order valence-electron chi connectivity index (χ3n) is 4.30. The number of pyridine rings is 1. The van der Waals surface area contributed by atoms with Gasteiger partial charge in [-0.15, -0.1) is 0 Å². The fourth-order valence-corrected chi connectivity index (χ4v) is 2.73. The Hall–Kier alpha value is -2.36. The molecule has 0 atom stereocenters. The van der Waals surface area contributed by atoms with Gasteiger partial charge in [-0.3, -0.25) is 4.79 Å². The Morgan fingerprint density at radius 2 is 1.88 bits per heavy atom. The first-order valence-electron chi connectivity index (χ1n) is 9.05. The van der Waals surface area contributed by atoms with Crippen molar-refractivity contribution in [1.29, 1.82) is 0 Å². The molecule has 0 aliphatic heterocycles. The molecule has 0 N–H and O–H groups in total. The van der Waals surface area contributed by atoms with Gasteiger partial charge in [0, 0.05) is 37.9 Å². The van der Waals surface area contributed by atoms with E-state index in [1.54, 1.807) is 17.2 Å². The van der Waals surface area contributed by atoms with Crippen molar-refractivity contribution >= 4 is 11.7 Å². The molecule has 4 nitrogen and oxygen atoms in total. The van der Waals surface area contributed by atoms with Crippen LogP contribution in [-0.2, 0) is 6.54 Å². The van der Waals surface area contributed by atoms with Gasteiger partial charge in [-0.25, -0.2) is 4.98 Å². The number of amides is 1. The number of benzene rings is 1. The Labute approximate surface area is 151 Å². The zero-order valence-electron chi connectivity index (χ0n) is 15.8. The van der Waals surface area contributed by atoms with E-state index in [2.05, 4.69) is 42.8 Å². The molecule has 0 aliphatic rings. The molecule has 0 fully saturated rings. The van der Waals surface area contributed by atoms with Crippen LogP contribution in [-0.4, -0.2) is 35.4 Å². The summed E-state index contributed by atoms with van der Waals surface area (Å²) in [5, 5.41) is 0. The third-order valence-corrected chi connectivity index (χ3v) is 4.30. The van der Waals surface area contributed by atoms with Gasteiger partial charge in [-0.05, 0) is 38.0 Å². The van der Waals surface area contributed by atoms with Crippen LogP contribution in [0.15, 0.2) is 48.7 Å². The van der Waals surface area contributed by atoms with Crippen molar-refractivity contribution in [2.24, 2.45) is 0 Å². The average Bonchev–Trinajstić information content (AvgIpc) is 2.64. The Balaban J connectivity index is 2.20. The molecule has 134 valence electrons. The molecule has 0 unspecified atom stereocenters. The summed E-state index contributed by atoms with van der Waals surface area (Å²) in [6.07, 6.45) is 3.83. The molecule has 1 amide bonds. The minimum absolute atomic E-state index is 0.0560. The fourth-order valence-electron chi connectivity index (χ4n) is 2.73. The smallest absolute Gasteiger partial charge is 0.253 e. The summed E-state index contributed by atoms with van der Waals surface area (Å²) < 4.78 is 0. The molecule has 2 rings (SSSR count). The second kappa shape index (κ2) is 9.21. The van der Waals surface area contributed by atoms with E-state index in [0.29, 0.717) is 5.56 Å². The first-order chi connectivity index (χ1) is 12.0. The van der Waals surface area contributed by atoms with E-state index in [1.807, 2.05) is 31.3 Å². The van der Waals surface area contributed by atoms with Crippen LogP contribution in [0.4, 0.5) is 5.82 Å². The number of unbranched alkanes of at least 4 members (excludes halogenated alkanes) is 1. The van der Waals surface area contributed by atoms with E-state index in [-0.39, 0.29) is 11.9 Å². The number of carbonyl (C=O) groups excluding carboxylic acids is 1. The number of rotatable bonds is 8. The highest BCUT2D eigenvalue weighted by atomic mass is 16.2. The van der Waals surface area contributed by atoms with Gasteiger partial charge in [0.15, 0.2) is 0 Å². The van der Waals surface area contributed by atoms with Crippen molar-refractivity contribution in [2.45, 2.75) is 46.2 Å². The summed E-state index contributed by atoms with van der Waals surface area (Å²) in [6.45, 7) is 7.98. The van der Waals surface area contributed by atoms with Gasteiger partial charge < -0.3 is 9.80 Å². The molecular weight excluding hydrogens is 310 g/mol. The largest absolute Gasteiger partial charge is 0.350 e. The lowest BCUT2D eigenvalue weighted by molar-refractivity contribution is 0.0793. The number of nitrogens with zero attached hydrogens (tertiary/aromatic N) is 3. The van der Waals surface area contributed by atoms with Crippen molar-refractivity contribution < 1.29 is 4.79 Å². The van der Waals surface area contributed by atoms with Crippen molar-refractivity contribution in [3.63, 3.8) is 0 Å². The predicted octanol–water partition coefficient (Wildman–Crippen LogP) is 4.37. The molecule has 0 bridgehead atoms. The van der Waals surface area contributed by atoms with Crippen LogP contribution in [0.25, 0.3) is 0 Å². The molecule has 2 aromatic rings. The van der Waals surface area contributed by atoms with Crippen molar-refractivity contribution in [2.75, 3.05) is 18.5 Å². The van der Waals surface area contributed by atoms with E-state index < -0.39 is 0 Å². The van der Waals surface area contributed by atoms with E-state index in [1.165, 1.54) is 5.56 Å². The number of aromatic nitrogens is 1. The third kappa shape index (κ3) is 5.31. The topological polar surface area (TPSA) is 36.4 Å². The van der Waals surface area contributed by atoms with Gasteiger partial charge in [-0.1, -0.05) is 43.7 Å². The van der Waals surface area contributed by atoms with Crippen molar-refractivity contribution in [3.05, 3.63) is 59.8 Å². The lowest BCUT2D eigenvalue weighted by Gasteiger charge is -2.28. The quantitative estimate of drug-likeness (QED) is 0.716. The highest BCUT2D eigenvalue weighted by Crippen LogP contribution is 2.19. The number of hydrogen-bond acceptors (Lipinski definition) is 3. The zero-order chi connectivity index (χ0) is 18.2. The first kappa shape index (κ1) is 19.0. The maximum absolute atomic E-state index is 12.6. The van der Waals surface area contributed by atoms with E-state index in [4.69, 9.17) is 0 Å². The van der Waals surface area contributed by atoms with Gasteiger partial charge >= 0.3 is 0 Å². The molecule has 0 radical (unpaired) electrons. The van der Waals surface area contributed by atoms with E-state index >= 15 is 0 Å². The summed E-state index contributed by atoms with van der Waals surface area (Å²) in [7, 11) is 1.86. The molecule has 0 saturated heterocycles. The lowest BCUT2D eigenvalue weighted by atomic mass is 10.1. The molecule has 1 aromatic heterocycles. The predicted molar refractivity (Wildman–Crippen MR) is 104 cm³/mol. The van der Waals surface area contributed by atoms with Gasteiger partial charge in [0.2, 0.25) is 0 Å². The Bertz CT molecular complexity index is 670. The number of carbonyl (C=O) groups is 1. The standard InChI is InChI=1S/C21H29N3O/c1-5-6-14-23(4)21(25)19-12-13-22-20(15-19)24(17(2)3)16-18-10-8-7-9-11-18/h7-13,15,17H,5-6,14,16H2,1-4H3.